The van der Waals surface area contributed by atoms with Gasteiger partial charge in [0.1, 0.15) is 5.75 Å². The van der Waals surface area contributed by atoms with E-state index in [1.807, 2.05) is 18.2 Å². The average molecular weight is 308 g/mol. The first-order chi connectivity index (χ1) is 10.5. The maximum atomic E-state index is 12.8. The summed E-state index contributed by atoms with van der Waals surface area (Å²) in [6.07, 6.45) is -3.09. The molecule has 0 radical (unpaired) electrons. The molecule has 1 N–H and O–H groups in total. The van der Waals surface area contributed by atoms with E-state index in [0.717, 1.165) is 17.8 Å². The molecule has 0 aliphatic heterocycles. The molecular weight excluding hydrogens is 293 g/mol. The predicted octanol–water partition coefficient (Wildman–Crippen LogP) is 4.55. The molecule has 0 atom stereocenters. The van der Waals surface area contributed by atoms with E-state index >= 15 is 0 Å². The van der Waals surface area contributed by atoms with Gasteiger partial charge in [-0.1, -0.05) is 18.2 Å². The fraction of sp³-hybridized carbons (Fsp3) is 0.188. The first-order valence-corrected chi connectivity index (χ1v) is 6.69. The van der Waals surface area contributed by atoms with Crippen LogP contribution in [0.2, 0.25) is 0 Å². The Morgan fingerprint density at radius 2 is 1.86 bits per heavy atom. The summed E-state index contributed by atoms with van der Waals surface area (Å²) >= 11 is 0. The number of hydrogen-bond acceptors (Lipinski definition) is 3. The van der Waals surface area contributed by atoms with Gasteiger partial charge in [0.05, 0.1) is 24.1 Å². The minimum atomic E-state index is -4.40. The SMILES string of the molecule is CCOc1ccc(C(F)(F)F)cc1C=NNc1ccccc1. The quantitative estimate of drug-likeness (QED) is 0.649. The molecule has 0 unspecified atom stereocenters. The van der Waals surface area contributed by atoms with Crippen molar-refractivity contribution in [1.29, 1.82) is 0 Å². The van der Waals surface area contributed by atoms with E-state index in [1.165, 1.54) is 12.3 Å². The lowest BCUT2D eigenvalue weighted by Crippen LogP contribution is -2.07. The average Bonchev–Trinajstić information content (AvgIpc) is 2.49. The molecule has 2 rings (SSSR count). The monoisotopic (exact) mass is 308 g/mol. The number of nitrogens with zero attached hydrogens (tertiary/aromatic N) is 1. The zero-order valence-corrected chi connectivity index (χ0v) is 11.9. The van der Waals surface area contributed by atoms with Crippen LogP contribution in [0.15, 0.2) is 53.6 Å². The lowest BCUT2D eigenvalue weighted by atomic mass is 10.1. The van der Waals surface area contributed by atoms with Gasteiger partial charge >= 0.3 is 6.18 Å². The third-order valence-electron chi connectivity index (χ3n) is 2.81. The smallest absolute Gasteiger partial charge is 0.416 e. The highest BCUT2D eigenvalue weighted by Gasteiger charge is 2.31. The van der Waals surface area contributed by atoms with Crippen LogP contribution in [0.5, 0.6) is 5.75 Å². The summed E-state index contributed by atoms with van der Waals surface area (Å²) in [7, 11) is 0. The van der Waals surface area contributed by atoms with Gasteiger partial charge < -0.3 is 4.74 Å². The van der Waals surface area contributed by atoms with Gasteiger partial charge in [-0.2, -0.15) is 18.3 Å². The van der Waals surface area contributed by atoms with Crippen molar-refractivity contribution in [3.63, 3.8) is 0 Å². The van der Waals surface area contributed by atoms with Crippen molar-refractivity contribution in [2.24, 2.45) is 5.10 Å². The molecule has 2 aromatic carbocycles. The van der Waals surface area contributed by atoms with Gasteiger partial charge in [0, 0.05) is 5.56 Å². The molecule has 2 aromatic rings. The maximum absolute atomic E-state index is 12.8. The third-order valence-corrected chi connectivity index (χ3v) is 2.81. The van der Waals surface area contributed by atoms with E-state index in [-0.39, 0.29) is 5.56 Å². The Morgan fingerprint density at radius 1 is 1.14 bits per heavy atom. The lowest BCUT2D eigenvalue weighted by molar-refractivity contribution is -0.137. The fourth-order valence-electron chi connectivity index (χ4n) is 1.80. The van der Waals surface area contributed by atoms with Crippen LogP contribution in [0, 0.1) is 0 Å². The number of hydrogen-bond donors (Lipinski definition) is 1. The summed E-state index contributed by atoms with van der Waals surface area (Å²) in [5.74, 6) is 0.356. The molecule has 0 bridgehead atoms. The zero-order chi connectivity index (χ0) is 16.0. The predicted molar refractivity (Wildman–Crippen MR) is 80.3 cm³/mol. The summed E-state index contributed by atoms with van der Waals surface area (Å²) in [4.78, 5) is 0. The molecule has 0 aromatic heterocycles. The normalized spacial score (nSPS) is 11.6. The topological polar surface area (TPSA) is 33.6 Å². The molecule has 0 heterocycles. The van der Waals surface area contributed by atoms with Crippen molar-refractivity contribution < 1.29 is 17.9 Å². The molecular formula is C16H15F3N2O. The van der Waals surface area contributed by atoms with Crippen LogP contribution in [0.1, 0.15) is 18.1 Å². The number of halogens is 3. The number of rotatable bonds is 5. The van der Waals surface area contributed by atoms with Crippen molar-refractivity contribution in [2.45, 2.75) is 13.1 Å². The molecule has 0 fully saturated rings. The number of alkyl halides is 3. The molecule has 0 aliphatic rings. The van der Waals surface area contributed by atoms with Crippen LogP contribution in [-0.2, 0) is 6.18 Å². The number of nitrogens with one attached hydrogen (secondary N) is 1. The Balaban J connectivity index is 2.23. The van der Waals surface area contributed by atoms with Crippen molar-refractivity contribution in [3.05, 3.63) is 59.7 Å². The van der Waals surface area contributed by atoms with E-state index in [4.69, 9.17) is 4.74 Å². The molecule has 0 saturated carbocycles. The third kappa shape index (κ3) is 4.25. The second kappa shape index (κ2) is 6.98. The summed E-state index contributed by atoms with van der Waals surface area (Å²) in [6, 6.07) is 12.4. The van der Waals surface area contributed by atoms with Crippen LogP contribution < -0.4 is 10.2 Å². The molecule has 6 heteroatoms. The first-order valence-electron chi connectivity index (χ1n) is 6.69. The van der Waals surface area contributed by atoms with Crippen LogP contribution >= 0.6 is 0 Å². The summed E-state index contributed by atoms with van der Waals surface area (Å²) in [6.45, 7) is 2.12. The van der Waals surface area contributed by atoms with Gasteiger partial charge in [0.15, 0.2) is 0 Å². The highest BCUT2D eigenvalue weighted by atomic mass is 19.4. The van der Waals surface area contributed by atoms with Gasteiger partial charge in [0.25, 0.3) is 0 Å². The van der Waals surface area contributed by atoms with Crippen LogP contribution in [0.4, 0.5) is 18.9 Å². The fourth-order valence-corrected chi connectivity index (χ4v) is 1.80. The van der Waals surface area contributed by atoms with Crippen molar-refractivity contribution >= 4 is 11.9 Å². The maximum Gasteiger partial charge on any atom is 0.416 e. The molecule has 22 heavy (non-hydrogen) atoms. The summed E-state index contributed by atoms with van der Waals surface area (Å²) in [5.41, 5.74) is 3.02. The molecule has 0 amide bonds. The molecule has 0 aliphatic carbocycles. The van der Waals surface area contributed by atoms with E-state index in [9.17, 15) is 13.2 Å². The second-order valence-corrected chi connectivity index (χ2v) is 4.42. The standard InChI is InChI=1S/C16H15F3N2O/c1-2-22-15-9-8-13(16(17,18)19)10-12(15)11-20-21-14-6-4-3-5-7-14/h3-11,21H,2H2,1H3. The van der Waals surface area contributed by atoms with Crippen molar-refractivity contribution in [2.75, 3.05) is 12.0 Å². The van der Waals surface area contributed by atoms with Gasteiger partial charge in [-0.05, 0) is 37.3 Å². The summed E-state index contributed by atoms with van der Waals surface area (Å²) < 4.78 is 43.6. The highest BCUT2D eigenvalue weighted by Crippen LogP contribution is 2.32. The lowest BCUT2D eigenvalue weighted by Gasteiger charge is -2.11. The molecule has 0 spiro atoms. The Morgan fingerprint density at radius 3 is 2.50 bits per heavy atom. The molecule has 116 valence electrons. The number of hydrazone groups is 1. The minimum Gasteiger partial charge on any atom is -0.493 e. The largest absolute Gasteiger partial charge is 0.493 e. The van der Waals surface area contributed by atoms with Gasteiger partial charge in [0.2, 0.25) is 0 Å². The summed E-state index contributed by atoms with van der Waals surface area (Å²) in [5, 5.41) is 3.96. The zero-order valence-electron chi connectivity index (χ0n) is 11.9. The Hall–Kier alpha value is -2.50. The van der Waals surface area contributed by atoms with Crippen molar-refractivity contribution in [1.82, 2.24) is 0 Å². The Kier molecular flexibility index (Phi) is 5.04. The van der Waals surface area contributed by atoms with Gasteiger partial charge in [-0.25, -0.2) is 0 Å². The van der Waals surface area contributed by atoms with E-state index in [1.54, 1.807) is 19.1 Å². The minimum absolute atomic E-state index is 0.264. The highest BCUT2D eigenvalue weighted by molar-refractivity contribution is 5.84. The van der Waals surface area contributed by atoms with Crippen LogP contribution in [0.25, 0.3) is 0 Å². The van der Waals surface area contributed by atoms with Crippen LogP contribution in [0.3, 0.4) is 0 Å². The number of anilines is 1. The number of para-hydroxylation sites is 1. The van der Waals surface area contributed by atoms with E-state index < -0.39 is 11.7 Å². The molecule has 3 nitrogen and oxygen atoms in total. The van der Waals surface area contributed by atoms with Crippen molar-refractivity contribution in [3.8, 4) is 5.75 Å². The Labute approximate surface area is 126 Å². The van der Waals surface area contributed by atoms with E-state index in [2.05, 4.69) is 10.5 Å². The van der Waals surface area contributed by atoms with Gasteiger partial charge in [-0.3, -0.25) is 5.43 Å². The second-order valence-electron chi connectivity index (χ2n) is 4.42. The number of benzene rings is 2. The van der Waals surface area contributed by atoms with Gasteiger partial charge in [-0.15, -0.1) is 0 Å². The number of ether oxygens (including phenoxy) is 1. The Bertz CT molecular complexity index is 640. The van der Waals surface area contributed by atoms with Crippen LogP contribution in [-0.4, -0.2) is 12.8 Å². The molecule has 0 saturated heterocycles. The van der Waals surface area contributed by atoms with E-state index in [0.29, 0.717) is 12.4 Å². The first kappa shape index (κ1) is 15.9.